The smallest absolute Gasteiger partial charge is 0.319 e. The minimum atomic E-state index is -0.442. The molecule has 1 heterocycles. The molecule has 1 aliphatic carbocycles. The van der Waals surface area contributed by atoms with Crippen LogP contribution in [0.5, 0.6) is 0 Å². The van der Waals surface area contributed by atoms with Crippen LogP contribution in [0.3, 0.4) is 0 Å². The van der Waals surface area contributed by atoms with Crippen molar-refractivity contribution in [1.29, 1.82) is 0 Å². The summed E-state index contributed by atoms with van der Waals surface area (Å²) in [7, 11) is 0. The summed E-state index contributed by atoms with van der Waals surface area (Å²) in [6, 6.07) is 7.07. The molecule has 116 valence electrons. The van der Waals surface area contributed by atoms with E-state index in [-0.39, 0.29) is 12.1 Å². The molecule has 0 unspecified atom stereocenters. The number of rotatable bonds is 3. The lowest BCUT2D eigenvalue weighted by Crippen LogP contribution is -2.46. The Morgan fingerprint density at radius 1 is 1.23 bits per heavy atom. The molecule has 0 bridgehead atoms. The number of nitrogens with one attached hydrogen (secondary N) is 2. The van der Waals surface area contributed by atoms with Gasteiger partial charge in [0.25, 0.3) is 0 Å². The first-order chi connectivity index (χ1) is 10.7. The van der Waals surface area contributed by atoms with Gasteiger partial charge in [0.15, 0.2) is 0 Å². The van der Waals surface area contributed by atoms with Gasteiger partial charge in [-0.3, -0.25) is 0 Å². The Morgan fingerprint density at radius 2 is 2.00 bits per heavy atom. The summed E-state index contributed by atoms with van der Waals surface area (Å²) in [5.74, 6) is 0. The van der Waals surface area contributed by atoms with Gasteiger partial charge in [-0.2, -0.15) is 0 Å². The highest BCUT2D eigenvalue weighted by Gasteiger charge is 2.24. The van der Waals surface area contributed by atoms with Gasteiger partial charge in [0.1, 0.15) is 0 Å². The molecule has 0 saturated heterocycles. The van der Waals surface area contributed by atoms with Crippen LogP contribution in [0, 0.1) is 0 Å². The molecule has 3 N–H and O–H groups in total. The number of carbonyl (C=O) groups excluding carboxylic acids is 1. The molecule has 3 rings (SSSR count). The quantitative estimate of drug-likeness (QED) is 0.813. The highest BCUT2D eigenvalue weighted by molar-refractivity contribution is 5.89. The van der Waals surface area contributed by atoms with E-state index in [2.05, 4.69) is 15.6 Å². The van der Waals surface area contributed by atoms with Crippen molar-refractivity contribution in [3.05, 3.63) is 43.0 Å². The van der Waals surface area contributed by atoms with Gasteiger partial charge in [0.05, 0.1) is 18.5 Å². The first-order valence-electron chi connectivity index (χ1n) is 7.56. The number of nitrogens with zero attached hydrogens (tertiary/aromatic N) is 2. The van der Waals surface area contributed by atoms with E-state index in [0.29, 0.717) is 5.69 Å². The van der Waals surface area contributed by atoms with Crippen molar-refractivity contribution in [3.63, 3.8) is 0 Å². The fraction of sp³-hybridized carbons (Fsp3) is 0.375. The maximum atomic E-state index is 12.0. The number of amides is 2. The molecule has 1 aromatic carbocycles. The van der Waals surface area contributed by atoms with Crippen molar-refractivity contribution in [2.75, 3.05) is 5.32 Å². The number of aliphatic hydroxyl groups is 1. The molecule has 0 aliphatic heterocycles. The molecule has 1 aliphatic rings. The van der Waals surface area contributed by atoms with E-state index in [9.17, 15) is 9.90 Å². The van der Waals surface area contributed by atoms with Crippen LogP contribution in [0.15, 0.2) is 43.0 Å². The summed E-state index contributed by atoms with van der Waals surface area (Å²) in [4.78, 5) is 16.0. The summed E-state index contributed by atoms with van der Waals surface area (Å²) in [5, 5.41) is 15.5. The Labute approximate surface area is 129 Å². The number of hydrogen-bond donors (Lipinski definition) is 3. The molecule has 2 aromatic rings. The third-order valence-electron chi connectivity index (χ3n) is 3.97. The number of anilines is 1. The van der Waals surface area contributed by atoms with Crippen molar-refractivity contribution < 1.29 is 9.90 Å². The van der Waals surface area contributed by atoms with Crippen LogP contribution in [0.2, 0.25) is 0 Å². The van der Waals surface area contributed by atoms with Crippen LogP contribution in [-0.2, 0) is 0 Å². The van der Waals surface area contributed by atoms with E-state index in [4.69, 9.17) is 0 Å². The average Bonchev–Trinajstić information content (AvgIpc) is 3.05. The summed E-state index contributed by atoms with van der Waals surface area (Å²) in [6.07, 6.45) is 8.51. The Balaban J connectivity index is 1.57. The molecule has 1 saturated carbocycles. The zero-order valence-corrected chi connectivity index (χ0v) is 12.3. The Kier molecular flexibility index (Phi) is 4.39. The number of hydrogen-bond acceptors (Lipinski definition) is 3. The lowest BCUT2D eigenvalue weighted by atomic mass is 9.93. The fourth-order valence-electron chi connectivity index (χ4n) is 2.74. The molecule has 2 amide bonds. The van der Waals surface area contributed by atoms with Gasteiger partial charge < -0.3 is 20.3 Å². The van der Waals surface area contributed by atoms with Gasteiger partial charge in [0, 0.05) is 23.8 Å². The highest BCUT2D eigenvalue weighted by atomic mass is 16.3. The Bertz CT molecular complexity index is 610. The first kappa shape index (κ1) is 14.6. The topological polar surface area (TPSA) is 79.2 Å². The zero-order valence-electron chi connectivity index (χ0n) is 12.3. The normalized spacial score (nSPS) is 21.3. The molecule has 1 aromatic heterocycles. The minimum Gasteiger partial charge on any atom is -0.391 e. The monoisotopic (exact) mass is 300 g/mol. The van der Waals surface area contributed by atoms with Crippen molar-refractivity contribution in [1.82, 2.24) is 14.9 Å². The number of benzene rings is 1. The van der Waals surface area contributed by atoms with Crippen LogP contribution in [0.1, 0.15) is 25.7 Å². The molecule has 6 nitrogen and oxygen atoms in total. The van der Waals surface area contributed by atoms with Crippen LogP contribution in [-0.4, -0.2) is 32.8 Å². The number of aromatic nitrogens is 2. The van der Waals surface area contributed by atoms with E-state index in [1.807, 2.05) is 35.0 Å². The largest absolute Gasteiger partial charge is 0.391 e. The number of carbonyl (C=O) groups is 1. The van der Waals surface area contributed by atoms with Crippen LogP contribution < -0.4 is 10.6 Å². The van der Waals surface area contributed by atoms with Crippen molar-refractivity contribution in [2.45, 2.75) is 37.8 Å². The SMILES string of the molecule is O=C(Nc1ccc(-n2ccnc2)cc1)N[C@@H]1CCCC[C@@H]1O. The number of urea groups is 1. The maximum absolute atomic E-state index is 12.0. The highest BCUT2D eigenvalue weighted by Crippen LogP contribution is 2.18. The predicted molar refractivity (Wildman–Crippen MR) is 84.0 cm³/mol. The zero-order chi connectivity index (χ0) is 15.4. The molecular formula is C16H20N4O2. The van der Waals surface area contributed by atoms with Gasteiger partial charge in [-0.1, -0.05) is 12.8 Å². The van der Waals surface area contributed by atoms with Crippen LogP contribution in [0.25, 0.3) is 5.69 Å². The molecule has 22 heavy (non-hydrogen) atoms. The third-order valence-corrected chi connectivity index (χ3v) is 3.97. The van der Waals surface area contributed by atoms with E-state index in [1.165, 1.54) is 0 Å². The van der Waals surface area contributed by atoms with E-state index in [1.54, 1.807) is 12.5 Å². The Hall–Kier alpha value is -2.34. The molecule has 6 heteroatoms. The lowest BCUT2D eigenvalue weighted by molar-refractivity contribution is 0.0955. The minimum absolute atomic E-state index is 0.154. The van der Waals surface area contributed by atoms with Gasteiger partial charge >= 0.3 is 6.03 Å². The maximum Gasteiger partial charge on any atom is 0.319 e. The molecule has 0 radical (unpaired) electrons. The van der Waals surface area contributed by atoms with Crippen molar-refractivity contribution in [2.24, 2.45) is 0 Å². The van der Waals surface area contributed by atoms with E-state index < -0.39 is 6.10 Å². The number of aliphatic hydroxyl groups excluding tert-OH is 1. The van der Waals surface area contributed by atoms with Crippen molar-refractivity contribution in [3.8, 4) is 5.69 Å². The second kappa shape index (κ2) is 6.62. The third kappa shape index (κ3) is 3.46. The second-order valence-corrected chi connectivity index (χ2v) is 5.57. The van der Waals surface area contributed by atoms with Crippen molar-refractivity contribution >= 4 is 11.7 Å². The first-order valence-corrected chi connectivity index (χ1v) is 7.56. The second-order valence-electron chi connectivity index (χ2n) is 5.57. The van der Waals surface area contributed by atoms with E-state index >= 15 is 0 Å². The molecule has 1 fully saturated rings. The summed E-state index contributed by atoms with van der Waals surface area (Å²) < 4.78 is 1.89. The predicted octanol–water partition coefficient (Wildman–Crippen LogP) is 2.30. The van der Waals surface area contributed by atoms with Gasteiger partial charge in [0.2, 0.25) is 0 Å². The van der Waals surface area contributed by atoms with E-state index in [0.717, 1.165) is 31.4 Å². The fourth-order valence-corrected chi connectivity index (χ4v) is 2.74. The van der Waals surface area contributed by atoms with Gasteiger partial charge in [-0.25, -0.2) is 9.78 Å². The standard InChI is InChI=1S/C16H20N4O2/c21-15-4-2-1-3-14(15)19-16(22)18-12-5-7-13(8-6-12)20-10-9-17-11-20/h5-11,14-15,21H,1-4H2,(H2,18,19,22)/t14-,15+/m1/s1. The summed E-state index contributed by atoms with van der Waals surface area (Å²) in [6.45, 7) is 0. The van der Waals surface area contributed by atoms with Crippen LogP contribution >= 0.6 is 0 Å². The lowest BCUT2D eigenvalue weighted by Gasteiger charge is -2.28. The van der Waals surface area contributed by atoms with Crippen LogP contribution in [0.4, 0.5) is 10.5 Å². The molecule has 2 atom stereocenters. The van der Waals surface area contributed by atoms with Gasteiger partial charge in [-0.05, 0) is 37.1 Å². The summed E-state index contributed by atoms with van der Waals surface area (Å²) in [5.41, 5.74) is 1.69. The molecular weight excluding hydrogens is 280 g/mol. The van der Waals surface area contributed by atoms with Gasteiger partial charge in [-0.15, -0.1) is 0 Å². The summed E-state index contributed by atoms with van der Waals surface area (Å²) >= 11 is 0. The molecule has 0 spiro atoms. The Morgan fingerprint density at radius 3 is 2.68 bits per heavy atom. The average molecular weight is 300 g/mol. The number of imidazole rings is 1.